The minimum atomic E-state index is -3.67. The Morgan fingerprint density at radius 3 is 2.35 bits per heavy atom. The van der Waals surface area contributed by atoms with Crippen molar-refractivity contribution in [3.8, 4) is 0 Å². The number of hydrogen-bond acceptors (Lipinski definition) is 5. The second-order valence-corrected chi connectivity index (χ2v) is 7.69. The molecule has 0 unspecified atom stereocenters. The maximum atomic E-state index is 12.9. The topological polar surface area (TPSA) is 80.8 Å². The van der Waals surface area contributed by atoms with Crippen molar-refractivity contribution in [2.24, 2.45) is 0 Å². The van der Waals surface area contributed by atoms with Crippen molar-refractivity contribution in [2.75, 3.05) is 20.2 Å². The van der Waals surface area contributed by atoms with E-state index in [1.54, 1.807) is 36.4 Å². The molecule has 0 aliphatic rings. The summed E-state index contributed by atoms with van der Waals surface area (Å²) in [5, 5.41) is 0. The van der Waals surface area contributed by atoms with E-state index in [1.807, 2.05) is 6.92 Å². The molecule has 1 rings (SSSR count). The van der Waals surface area contributed by atoms with Crippen LogP contribution in [-0.4, -0.2) is 44.7 Å². The number of carbonyl (C=O) groups is 2. The predicted octanol–water partition coefficient (Wildman–Crippen LogP) is 2.64. The number of allylic oxidation sites excluding steroid dienone is 2. The SMILES string of the molecule is COC(=O)/C=C/CCCN(C/C=C/C(C)=O)S(=O)(=O)c1ccc(C)cc1. The molecule has 0 fully saturated rings. The molecule has 0 heterocycles. The predicted molar refractivity (Wildman–Crippen MR) is 100 cm³/mol. The fraction of sp³-hybridized carbons (Fsp3) is 0.368. The fourth-order valence-electron chi connectivity index (χ4n) is 2.14. The van der Waals surface area contributed by atoms with Crippen LogP contribution in [0.3, 0.4) is 0 Å². The number of carbonyl (C=O) groups excluding carboxylic acids is 2. The Labute approximate surface area is 155 Å². The summed E-state index contributed by atoms with van der Waals surface area (Å²) in [5.74, 6) is -0.586. The van der Waals surface area contributed by atoms with Crippen LogP contribution in [0.4, 0.5) is 0 Å². The van der Waals surface area contributed by atoms with E-state index in [0.29, 0.717) is 12.8 Å². The van der Waals surface area contributed by atoms with Crippen molar-refractivity contribution in [1.82, 2.24) is 4.31 Å². The lowest BCUT2D eigenvalue weighted by molar-refractivity contribution is -0.134. The van der Waals surface area contributed by atoms with Gasteiger partial charge in [-0.25, -0.2) is 13.2 Å². The number of esters is 1. The Kier molecular flexibility index (Phi) is 8.95. The number of ether oxygens (including phenoxy) is 1. The summed E-state index contributed by atoms with van der Waals surface area (Å²) in [6.45, 7) is 3.67. The molecule has 0 N–H and O–H groups in total. The number of methoxy groups -OCH3 is 1. The first kappa shape index (κ1) is 21.8. The summed E-state index contributed by atoms with van der Waals surface area (Å²) in [7, 11) is -2.37. The van der Waals surface area contributed by atoms with Crippen molar-refractivity contribution >= 4 is 21.8 Å². The maximum absolute atomic E-state index is 12.9. The zero-order chi connectivity index (χ0) is 19.6. The van der Waals surface area contributed by atoms with Gasteiger partial charge in [0.05, 0.1) is 12.0 Å². The zero-order valence-electron chi connectivity index (χ0n) is 15.3. The van der Waals surface area contributed by atoms with Gasteiger partial charge in [-0.1, -0.05) is 29.8 Å². The molecule has 0 aliphatic carbocycles. The Balaban J connectivity index is 2.86. The lowest BCUT2D eigenvalue weighted by Gasteiger charge is -2.20. The van der Waals surface area contributed by atoms with Crippen LogP contribution in [0, 0.1) is 6.92 Å². The molecule has 7 heteroatoms. The van der Waals surface area contributed by atoms with E-state index in [1.165, 1.54) is 30.5 Å². The van der Waals surface area contributed by atoms with Gasteiger partial charge >= 0.3 is 5.97 Å². The van der Waals surface area contributed by atoms with Gasteiger partial charge in [-0.2, -0.15) is 4.31 Å². The van der Waals surface area contributed by atoms with Crippen molar-refractivity contribution < 1.29 is 22.7 Å². The smallest absolute Gasteiger partial charge is 0.330 e. The number of ketones is 1. The lowest BCUT2D eigenvalue weighted by atomic mass is 10.2. The monoisotopic (exact) mass is 379 g/mol. The molecule has 0 saturated carbocycles. The molecule has 0 aliphatic heterocycles. The lowest BCUT2D eigenvalue weighted by Crippen LogP contribution is -2.32. The summed E-state index contributed by atoms with van der Waals surface area (Å²) in [5.41, 5.74) is 0.972. The third kappa shape index (κ3) is 7.33. The van der Waals surface area contributed by atoms with Crippen molar-refractivity contribution in [2.45, 2.75) is 31.6 Å². The first-order chi connectivity index (χ1) is 12.3. The normalized spacial score (nSPS) is 12.2. The second-order valence-electron chi connectivity index (χ2n) is 5.76. The number of benzene rings is 1. The fourth-order valence-corrected chi connectivity index (χ4v) is 3.57. The van der Waals surface area contributed by atoms with Gasteiger partial charge in [-0.3, -0.25) is 4.79 Å². The molecule has 1 aromatic carbocycles. The Morgan fingerprint density at radius 1 is 1.12 bits per heavy atom. The first-order valence-electron chi connectivity index (χ1n) is 8.25. The van der Waals surface area contributed by atoms with E-state index in [2.05, 4.69) is 4.74 Å². The van der Waals surface area contributed by atoms with Gasteiger partial charge in [0.1, 0.15) is 0 Å². The number of rotatable bonds is 10. The highest BCUT2D eigenvalue weighted by atomic mass is 32.2. The summed E-state index contributed by atoms with van der Waals surface area (Å²) in [6, 6.07) is 6.64. The second kappa shape index (κ2) is 10.7. The molecule has 0 amide bonds. The van der Waals surface area contributed by atoms with Crippen molar-refractivity contribution in [3.63, 3.8) is 0 Å². The van der Waals surface area contributed by atoms with Crippen LogP contribution in [0.1, 0.15) is 25.3 Å². The number of aryl methyl sites for hydroxylation is 1. The highest BCUT2D eigenvalue weighted by molar-refractivity contribution is 7.89. The molecule has 6 nitrogen and oxygen atoms in total. The van der Waals surface area contributed by atoms with Gasteiger partial charge in [-0.15, -0.1) is 0 Å². The van der Waals surface area contributed by atoms with Crippen LogP contribution in [0.2, 0.25) is 0 Å². The van der Waals surface area contributed by atoms with E-state index in [0.717, 1.165) is 5.56 Å². The van der Waals surface area contributed by atoms with Crippen LogP contribution >= 0.6 is 0 Å². The van der Waals surface area contributed by atoms with E-state index in [9.17, 15) is 18.0 Å². The third-order valence-electron chi connectivity index (χ3n) is 3.55. The Morgan fingerprint density at radius 2 is 1.77 bits per heavy atom. The standard InChI is InChI=1S/C19H25NO5S/c1-16-10-12-18(13-11-16)26(23,24)20(15-7-8-17(2)21)14-6-4-5-9-19(22)25-3/h5,7-13H,4,6,14-15H2,1-3H3/b8-7+,9-5+. The molecular formula is C19H25NO5S. The van der Waals surface area contributed by atoms with Crippen LogP contribution in [0.15, 0.2) is 53.5 Å². The van der Waals surface area contributed by atoms with E-state index in [-0.39, 0.29) is 23.8 Å². The van der Waals surface area contributed by atoms with E-state index >= 15 is 0 Å². The number of unbranched alkanes of at least 4 members (excludes halogenated alkanes) is 1. The quantitative estimate of drug-likeness (QED) is 0.355. The van der Waals surface area contributed by atoms with Gasteiger partial charge in [-0.05, 0) is 44.9 Å². The molecule has 26 heavy (non-hydrogen) atoms. The molecule has 0 saturated heterocycles. The van der Waals surface area contributed by atoms with E-state index < -0.39 is 16.0 Å². The Hall–Kier alpha value is -2.25. The summed E-state index contributed by atoms with van der Waals surface area (Å²) in [6.07, 6.45) is 6.92. The molecule has 0 bridgehead atoms. The minimum absolute atomic E-state index is 0.108. The molecule has 0 atom stereocenters. The van der Waals surface area contributed by atoms with Crippen LogP contribution < -0.4 is 0 Å². The number of nitrogens with zero attached hydrogens (tertiary/aromatic N) is 1. The minimum Gasteiger partial charge on any atom is -0.466 e. The van der Waals surface area contributed by atoms with Gasteiger partial charge in [0.2, 0.25) is 10.0 Å². The first-order valence-corrected chi connectivity index (χ1v) is 9.70. The van der Waals surface area contributed by atoms with Crippen LogP contribution in [-0.2, 0) is 24.3 Å². The van der Waals surface area contributed by atoms with E-state index in [4.69, 9.17) is 0 Å². The van der Waals surface area contributed by atoms with Gasteiger partial charge in [0, 0.05) is 19.2 Å². The highest BCUT2D eigenvalue weighted by Crippen LogP contribution is 2.17. The van der Waals surface area contributed by atoms with Crippen molar-refractivity contribution in [3.05, 3.63) is 54.1 Å². The Bertz CT molecular complexity index is 764. The largest absolute Gasteiger partial charge is 0.466 e. The van der Waals surface area contributed by atoms with Crippen LogP contribution in [0.25, 0.3) is 0 Å². The molecule has 0 radical (unpaired) electrons. The van der Waals surface area contributed by atoms with Crippen molar-refractivity contribution in [1.29, 1.82) is 0 Å². The molecule has 1 aromatic rings. The third-order valence-corrected chi connectivity index (χ3v) is 5.43. The summed E-state index contributed by atoms with van der Waals surface area (Å²) in [4.78, 5) is 22.3. The molecule has 142 valence electrons. The number of sulfonamides is 1. The van der Waals surface area contributed by atoms with Crippen LogP contribution in [0.5, 0.6) is 0 Å². The average Bonchev–Trinajstić information content (AvgIpc) is 2.59. The molecule has 0 spiro atoms. The van der Waals surface area contributed by atoms with Gasteiger partial charge in [0.15, 0.2) is 5.78 Å². The van der Waals surface area contributed by atoms with Gasteiger partial charge < -0.3 is 4.74 Å². The molecule has 0 aromatic heterocycles. The summed E-state index contributed by atoms with van der Waals surface area (Å²) < 4.78 is 31.5. The maximum Gasteiger partial charge on any atom is 0.330 e. The average molecular weight is 379 g/mol. The number of hydrogen-bond donors (Lipinski definition) is 0. The van der Waals surface area contributed by atoms with Gasteiger partial charge in [0.25, 0.3) is 0 Å². The molecular weight excluding hydrogens is 354 g/mol. The zero-order valence-corrected chi connectivity index (χ0v) is 16.2. The summed E-state index contributed by atoms with van der Waals surface area (Å²) >= 11 is 0. The highest BCUT2D eigenvalue weighted by Gasteiger charge is 2.22.